The van der Waals surface area contributed by atoms with Gasteiger partial charge in [0, 0.05) is 31.0 Å². The molecule has 2 rings (SSSR count). The normalized spacial score (nSPS) is 25.5. The van der Waals surface area contributed by atoms with Crippen LogP contribution in [0.1, 0.15) is 44.9 Å². The van der Waals surface area contributed by atoms with Crippen LogP contribution in [0, 0.1) is 5.92 Å². The van der Waals surface area contributed by atoms with Gasteiger partial charge in [-0.15, -0.1) is 12.4 Å². The molecule has 5 nitrogen and oxygen atoms in total. The smallest absolute Gasteiger partial charge is 0.223 e. The summed E-state index contributed by atoms with van der Waals surface area (Å²) in [5, 5.41) is 5.83. The molecule has 0 aromatic carbocycles. The van der Waals surface area contributed by atoms with Crippen molar-refractivity contribution in [1.82, 2.24) is 10.6 Å². The molecule has 0 heterocycles. The molecule has 110 valence electrons. The van der Waals surface area contributed by atoms with E-state index in [1.807, 2.05) is 0 Å². The van der Waals surface area contributed by atoms with Gasteiger partial charge < -0.3 is 16.4 Å². The lowest BCUT2D eigenvalue weighted by molar-refractivity contribution is -0.125. The van der Waals surface area contributed by atoms with Gasteiger partial charge >= 0.3 is 0 Å². The Morgan fingerprint density at radius 3 is 2.47 bits per heavy atom. The summed E-state index contributed by atoms with van der Waals surface area (Å²) < 4.78 is 0. The lowest BCUT2D eigenvalue weighted by Crippen LogP contribution is -2.32. The van der Waals surface area contributed by atoms with Gasteiger partial charge in [-0.25, -0.2) is 0 Å². The van der Waals surface area contributed by atoms with Crippen molar-refractivity contribution in [2.24, 2.45) is 11.7 Å². The summed E-state index contributed by atoms with van der Waals surface area (Å²) in [6.45, 7) is 0.586. The predicted octanol–water partition coefficient (Wildman–Crippen LogP) is 0.711. The molecule has 2 atom stereocenters. The van der Waals surface area contributed by atoms with E-state index in [4.69, 9.17) is 5.73 Å². The molecule has 2 fully saturated rings. The SMILES string of the molecule is Cl.NC1CCC(C(=O)NCCCC(=O)NC2CC2)C1. The van der Waals surface area contributed by atoms with Crippen molar-refractivity contribution in [2.45, 2.75) is 57.0 Å². The third-order valence-electron chi connectivity index (χ3n) is 3.67. The fourth-order valence-electron chi connectivity index (χ4n) is 2.39. The first-order valence-corrected chi connectivity index (χ1v) is 6.98. The van der Waals surface area contributed by atoms with Gasteiger partial charge in [0.05, 0.1) is 0 Å². The largest absolute Gasteiger partial charge is 0.356 e. The maximum Gasteiger partial charge on any atom is 0.223 e. The Kier molecular flexibility index (Phi) is 6.58. The van der Waals surface area contributed by atoms with E-state index in [1.165, 1.54) is 0 Å². The van der Waals surface area contributed by atoms with E-state index in [2.05, 4.69) is 10.6 Å². The predicted molar refractivity (Wildman–Crippen MR) is 76.0 cm³/mol. The molecule has 0 aromatic rings. The molecule has 0 bridgehead atoms. The summed E-state index contributed by atoms with van der Waals surface area (Å²) in [5.41, 5.74) is 5.78. The van der Waals surface area contributed by atoms with E-state index in [0.29, 0.717) is 25.4 Å². The average molecular weight is 290 g/mol. The van der Waals surface area contributed by atoms with Crippen LogP contribution in [-0.4, -0.2) is 30.4 Å². The molecule has 2 aliphatic rings. The molecule has 0 radical (unpaired) electrons. The van der Waals surface area contributed by atoms with Crippen LogP contribution in [0.5, 0.6) is 0 Å². The second kappa shape index (κ2) is 7.70. The number of nitrogens with one attached hydrogen (secondary N) is 2. The third-order valence-corrected chi connectivity index (χ3v) is 3.67. The minimum Gasteiger partial charge on any atom is -0.356 e. The van der Waals surface area contributed by atoms with Crippen LogP contribution in [0.15, 0.2) is 0 Å². The van der Waals surface area contributed by atoms with Crippen molar-refractivity contribution in [3.63, 3.8) is 0 Å². The first-order chi connectivity index (χ1) is 8.65. The maximum atomic E-state index is 11.8. The molecule has 2 aliphatic carbocycles. The van der Waals surface area contributed by atoms with Crippen molar-refractivity contribution in [2.75, 3.05) is 6.54 Å². The molecule has 19 heavy (non-hydrogen) atoms. The quantitative estimate of drug-likeness (QED) is 0.630. The van der Waals surface area contributed by atoms with Crippen LogP contribution in [0.25, 0.3) is 0 Å². The zero-order valence-corrected chi connectivity index (χ0v) is 12.0. The van der Waals surface area contributed by atoms with Crippen LogP contribution in [-0.2, 0) is 9.59 Å². The first kappa shape index (κ1) is 16.2. The molecule has 0 aromatic heterocycles. The van der Waals surface area contributed by atoms with E-state index in [0.717, 1.165) is 32.1 Å². The Labute approximate surface area is 120 Å². The molecular formula is C13H24ClN3O2. The van der Waals surface area contributed by atoms with E-state index < -0.39 is 0 Å². The zero-order chi connectivity index (χ0) is 13.0. The lowest BCUT2D eigenvalue weighted by atomic mass is 10.1. The number of carbonyl (C=O) groups is 2. The molecule has 2 saturated carbocycles. The summed E-state index contributed by atoms with van der Waals surface area (Å²) in [6.07, 6.45) is 6.09. The van der Waals surface area contributed by atoms with Gasteiger partial charge in [-0.1, -0.05) is 0 Å². The number of hydrogen-bond acceptors (Lipinski definition) is 3. The second-order valence-electron chi connectivity index (χ2n) is 5.51. The van der Waals surface area contributed by atoms with Crippen molar-refractivity contribution in [3.8, 4) is 0 Å². The Morgan fingerprint density at radius 2 is 1.89 bits per heavy atom. The molecule has 4 N–H and O–H groups in total. The number of halogens is 1. The summed E-state index contributed by atoms with van der Waals surface area (Å²) >= 11 is 0. The highest BCUT2D eigenvalue weighted by Gasteiger charge is 2.27. The molecule has 0 spiro atoms. The van der Waals surface area contributed by atoms with Crippen molar-refractivity contribution in [3.05, 3.63) is 0 Å². The fourth-order valence-corrected chi connectivity index (χ4v) is 2.39. The maximum absolute atomic E-state index is 11.8. The number of carbonyl (C=O) groups excluding carboxylic acids is 2. The first-order valence-electron chi connectivity index (χ1n) is 6.98. The lowest BCUT2D eigenvalue weighted by Gasteiger charge is -2.10. The highest BCUT2D eigenvalue weighted by molar-refractivity contribution is 5.85. The van der Waals surface area contributed by atoms with Crippen LogP contribution in [0.3, 0.4) is 0 Å². The summed E-state index contributed by atoms with van der Waals surface area (Å²) in [6, 6.07) is 0.608. The van der Waals surface area contributed by atoms with Crippen LogP contribution >= 0.6 is 12.4 Å². The summed E-state index contributed by atoms with van der Waals surface area (Å²) in [4.78, 5) is 23.2. The molecule has 2 amide bonds. The minimum absolute atomic E-state index is 0. The van der Waals surface area contributed by atoms with Gasteiger partial charge in [-0.2, -0.15) is 0 Å². The van der Waals surface area contributed by atoms with E-state index in [9.17, 15) is 9.59 Å². The van der Waals surface area contributed by atoms with Crippen LogP contribution in [0.4, 0.5) is 0 Å². The molecule has 6 heteroatoms. The van der Waals surface area contributed by atoms with Gasteiger partial charge in [0.15, 0.2) is 0 Å². The molecular weight excluding hydrogens is 266 g/mol. The molecule has 2 unspecified atom stereocenters. The highest BCUT2D eigenvalue weighted by Crippen LogP contribution is 2.24. The standard InChI is InChI=1S/C13H23N3O2.ClH/c14-10-4-3-9(8-10)13(18)15-7-1-2-12(17)16-11-5-6-11;/h9-11H,1-8,14H2,(H,15,18)(H,16,17);1H. The van der Waals surface area contributed by atoms with Gasteiger partial charge in [-0.3, -0.25) is 9.59 Å². The third kappa shape index (κ3) is 5.78. The number of nitrogens with two attached hydrogens (primary N) is 1. The Hall–Kier alpha value is -0.810. The summed E-state index contributed by atoms with van der Waals surface area (Å²) in [5.74, 6) is 0.292. The summed E-state index contributed by atoms with van der Waals surface area (Å²) in [7, 11) is 0. The van der Waals surface area contributed by atoms with E-state index >= 15 is 0 Å². The van der Waals surface area contributed by atoms with Gasteiger partial charge in [0.25, 0.3) is 0 Å². The zero-order valence-electron chi connectivity index (χ0n) is 11.2. The average Bonchev–Trinajstić information content (AvgIpc) is 3.03. The van der Waals surface area contributed by atoms with Crippen LogP contribution < -0.4 is 16.4 Å². The van der Waals surface area contributed by atoms with Crippen molar-refractivity contribution >= 4 is 24.2 Å². The molecule has 0 aliphatic heterocycles. The number of hydrogen-bond donors (Lipinski definition) is 3. The molecule has 0 saturated heterocycles. The van der Waals surface area contributed by atoms with Gasteiger partial charge in [0.1, 0.15) is 0 Å². The monoisotopic (exact) mass is 289 g/mol. The highest BCUT2D eigenvalue weighted by atomic mass is 35.5. The van der Waals surface area contributed by atoms with Crippen molar-refractivity contribution in [1.29, 1.82) is 0 Å². The Bertz CT molecular complexity index is 321. The topological polar surface area (TPSA) is 84.2 Å². The van der Waals surface area contributed by atoms with Crippen LogP contribution in [0.2, 0.25) is 0 Å². The van der Waals surface area contributed by atoms with E-state index in [-0.39, 0.29) is 36.2 Å². The van der Waals surface area contributed by atoms with Gasteiger partial charge in [-0.05, 0) is 38.5 Å². The second-order valence-corrected chi connectivity index (χ2v) is 5.51. The number of amides is 2. The van der Waals surface area contributed by atoms with E-state index in [1.54, 1.807) is 0 Å². The minimum atomic E-state index is 0. The Morgan fingerprint density at radius 1 is 1.16 bits per heavy atom. The fraction of sp³-hybridized carbons (Fsp3) is 0.846. The number of rotatable bonds is 6. The Balaban J connectivity index is 0.00000180. The van der Waals surface area contributed by atoms with Gasteiger partial charge in [0.2, 0.25) is 11.8 Å². The van der Waals surface area contributed by atoms with Crippen molar-refractivity contribution < 1.29 is 9.59 Å².